The fourth-order valence-corrected chi connectivity index (χ4v) is 0.840. The summed E-state index contributed by atoms with van der Waals surface area (Å²) in [5, 5.41) is 8.72. The minimum absolute atomic E-state index is 0.315. The molecule has 0 amide bonds. The van der Waals surface area contributed by atoms with Crippen molar-refractivity contribution < 1.29 is 5.11 Å². The van der Waals surface area contributed by atoms with Gasteiger partial charge in [0.05, 0.1) is 0 Å². The van der Waals surface area contributed by atoms with Gasteiger partial charge in [-0.05, 0) is 24.7 Å². The normalized spacial score (nSPS) is 14.6. The van der Waals surface area contributed by atoms with Crippen LogP contribution in [0.15, 0.2) is 12.2 Å². The molecule has 1 N–H and O–H groups in total. The highest BCUT2D eigenvalue weighted by molar-refractivity contribution is 4.84. The smallest absolute Gasteiger partial charge is 0.0456 e. The predicted molar refractivity (Wildman–Crippen MR) is 49.5 cm³/mol. The summed E-state index contributed by atoms with van der Waals surface area (Å²) in [5.41, 5.74) is 0. The van der Waals surface area contributed by atoms with E-state index in [-0.39, 0.29) is 0 Å². The van der Waals surface area contributed by atoms with Crippen LogP contribution in [0, 0.1) is 11.8 Å². The van der Waals surface area contributed by atoms with E-state index in [4.69, 9.17) is 5.11 Å². The third-order valence-corrected chi connectivity index (χ3v) is 1.66. The molecule has 1 atom stereocenters. The van der Waals surface area contributed by atoms with Gasteiger partial charge in [-0.15, -0.1) is 0 Å². The quantitative estimate of drug-likeness (QED) is 0.607. The lowest BCUT2D eigenvalue weighted by Crippen LogP contribution is -1.98. The molecule has 0 aliphatic heterocycles. The Morgan fingerprint density at radius 2 is 1.91 bits per heavy atom. The van der Waals surface area contributed by atoms with Crippen LogP contribution >= 0.6 is 0 Å². The van der Waals surface area contributed by atoms with Crippen molar-refractivity contribution in [1.82, 2.24) is 0 Å². The van der Waals surface area contributed by atoms with Crippen LogP contribution in [0.25, 0.3) is 0 Å². The highest BCUT2D eigenvalue weighted by Gasteiger charge is 1.96. The van der Waals surface area contributed by atoms with Crippen molar-refractivity contribution in [3.63, 3.8) is 0 Å². The van der Waals surface area contributed by atoms with Crippen LogP contribution in [0.5, 0.6) is 0 Å². The molecule has 11 heavy (non-hydrogen) atoms. The second-order valence-electron chi connectivity index (χ2n) is 3.54. The number of allylic oxidation sites excluding steroid dienone is 2. The molecule has 0 fully saturated rings. The molecular weight excluding hydrogens is 136 g/mol. The van der Waals surface area contributed by atoms with Gasteiger partial charge in [-0.2, -0.15) is 0 Å². The first kappa shape index (κ1) is 10.7. The van der Waals surface area contributed by atoms with E-state index in [2.05, 4.69) is 32.9 Å². The Labute approximate surface area is 70.1 Å². The van der Waals surface area contributed by atoms with E-state index in [0.29, 0.717) is 18.4 Å². The van der Waals surface area contributed by atoms with E-state index in [1.807, 2.05) is 0 Å². The van der Waals surface area contributed by atoms with Crippen molar-refractivity contribution in [3.8, 4) is 0 Å². The summed E-state index contributed by atoms with van der Waals surface area (Å²) < 4.78 is 0. The van der Waals surface area contributed by atoms with Crippen LogP contribution in [0.1, 0.15) is 33.6 Å². The first-order valence-corrected chi connectivity index (χ1v) is 4.44. The molecule has 66 valence electrons. The summed E-state index contributed by atoms with van der Waals surface area (Å²) in [5.74, 6) is 1.10. The highest BCUT2D eigenvalue weighted by atomic mass is 16.3. The lowest BCUT2D eigenvalue weighted by molar-refractivity contribution is 0.231. The van der Waals surface area contributed by atoms with Crippen molar-refractivity contribution >= 4 is 0 Å². The Bertz CT molecular complexity index is 105. The molecule has 0 aromatic rings. The van der Waals surface area contributed by atoms with E-state index in [1.165, 1.54) is 0 Å². The second-order valence-corrected chi connectivity index (χ2v) is 3.54. The Morgan fingerprint density at radius 1 is 1.27 bits per heavy atom. The summed E-state index contributed by atoms with van der Waals surface area (Å²) in [6, 6.07) is 0. The van der Waals surface area contributed by atoms with Crippen molar-refractivity contribution in [2.45, 2.75) is 33.6 Å². The molecule has 0 heterocycles. The minimum Gasteiger partial charge on any atom is -0.396 e. The van der Waals surface area contributed by atoms with Gasteiger partial charge in [0.2, 0.25) is 0 Å². The first-order valence-electron chi connectivity index (χ1n) is 4.44. The SMILES string of the molecule is CC(C)/C=C/CC[C@@H](C)CO. The maximum absolute atomic E-state index is 8.72. The van der Waals surface area contributed by atoms with Crippen molar-refractivity contribution in [2.24, 2.45) is 11.8 Å². The zero-order chi connectivity index (χ0) is 8.69. The molecule has 0 rings (SSSR count). The molecule has 0 aromatic carbocycles. The number of hydrogen-bond acceptors (Lipinski definition) is 1. The minimum atomic E-state index is 0.315. The van der Waals surface area contributed by atoms with E-state index >= 15 is 0 Å². The van der Waals surface area contributed by atoms with Gasteiger partial charge in [0, 0.05) is 6.61 Å². The molecule has 1 heteroatoms. The van der Waals surface area contributed by atoms with Gasteiger partial charge in [-0.1, -0.05) is 32.9 Å². The van der Waals surface area contributed by atoms with Crippen LogP contribution in [0.3, 0.4) is 0 Å². The molecule has 0 unspecified atom stereocenters. The summed E-state index contributed by atoms with van der Waals surface area (Å²) in [6.45, 7) is 6.73. The van der Waals surface area contributed by atoms with Crippen LogP contribution in [0.2, 0.25) is 0 Å². The summed E-state index contributed by atoms with van der Waals surface area (Å²) in [4.78, 5) is 0. The fraction of sp³-hybridized carbons (Fsp3) is 0.800. The maximum Gasteiger partial charge on any atom is 0.0456 e. The molecule has 0 aliphatic rings. The zero-order valence-corrected chi connectivity index (χ0v) is 7.88. The van der Waals surface area contributed by atoms with Gasteiger partial charge in [-0.25, -0.2) is 0 Å². The average Bonchev–Trinajstić information content (AvgIpc) is 1.97. The largest absolute Gasteiger partial charge is 0.396 e. The Kier molecular flexibility index (Phi) is 6.24. The Hall–Kier alpha value is -0.300. The van der Waals surface area contributed by atoms with Crippen LogP contribution in [-0.4, -0.2) is 11.7 Å². The Morgan fingerprint density at radius 3 is 2.36 bits per heavy atom. The summed E-state index contributed by atoms with van der Waals surface area (Å²) in [6.07, 6.45) is 6.61. The van der Waals surface area contributed by atoms with Gasteiger partial charge >= 0.3 is 0 Å². The molecular formula is C10H20O. The maximum atomic E-state index is 8.72. The first-order chi connectivity index (χ1) is 5.16. The van der Waals surface area contributed by atoms with Gasteiger partial charge in [-0.3, -0.25) is 0 Å². The molecule has 0 bridgehead atoms. The van der Waals surface area contributed by atoms with E-state index in [1.54, 1.807) is 0 Å². The van der Waals surface area contributed by atoms with Gasteiger partial charge in [0.25, 0.3) is 0 Å². The van der Waals surface area contributed by atoms with Crippen LogP contribution in [0.4, 0.5) is 0 Å². The van der Waals surface area contributed by atoms with E-state index in [0.717, 1.165) is 12.8 Å². The lowest BCUT2D eigenvalue weighted by atomic mass is 10.1. The predicted octanol–water partition coefficient (Wildman–Crippen LogP) is 2.61. The fourth-order valence-electron chi connectivity index (χ4n) is 0.840. The third kappa shape index (κ3) is 7.60. The number of aliphatic hydroxyl groups is 1. The zero-order valence-electron chi connectivity index (χ0n) is 7.88. The van der Waals surface area contributed by atoms with Crippen LogP contribution < -0.4 is 0 Å². The van der Waals surface area contributed by atoms with Crippen molar-refractivity contribution in [1.29, 1.82) is 0 Å². The highest BCUT2D eigenvalue weighted by Crippen LogP contribution is 2.05. The molecule has 0 saturated heterocycles. The molecule has 0 spiro atoms. The molecule has 0 aromatic heterocycles. The van der Waals surface area contributed by atoms with E-state index in [9.17, 15) is 0 Å². The molecule has 0 aliphatic carbocycles. The topological polar surface area (TPSA) is 20.2 Å². The number of rotatable bonds is 5. The number of hydrogen-bond donors (Lipinski definition) is 1. The molecule has 0 radical (unpaired) electrons. The summed E-state index contributed by atoms with van der Waals surface area (Å²) >= 11 is 0. The van der Waals surface area contributed by atoms with Gasteiger partial charge in [0.15, 0.2) is 0 Å². The van der Waals surface area contributed by atoms with Crippen molar-refractivity contribution in [2.75, 3.05) is 6.61 Å². The summed E-state index contributed by atoms with van der Waals surface area (Å²) in [7, 11) is 0. The standard InChI is InChI=1S/C10H20O/c1-9(2)6-4-5-7-10(3)8-11/h4,6,9-11H,5,7-8H2,1-3H3/b6-4+/t10-/m1/s1. The second kappa shape index (κ2) is 6.41. The monoisotopic (exact) mass is 156 g/mol. The van der Waals surface area contributed by atoms with Gasteiger partial charge < -0.3 is 5.11 Å². The lowest BCUT2D eigenvalue weighted by Gasteiger charge is -2.03. The average molecular weight is 156 g/mol. The number of aliphatic hydroxyl groups excluding tert-OH is 1. The third-order valence-electron chi connectivity index (χ3n) is 1.66. The van der Waals surface area contributed by atoms with Crippen LogP contribution in [-0.2, 0) is 0 Å². The molecule has 0 saturated carbocycles. The van der Waals surface area contributed by atoms with E-state index < -0.39 is 0 Å². The van der Waals surface area contributed by atoms with Crippen molar-refractivity contribution in [3.05, 3.63) is 12.2 Å². The molecule has 1 nitrogen and oxygen atoms in total. The van der Waals surface area contributed by atoms with Gasteiger partial charge in [0.1, 0.15) is 0 Å². The Balaban J connectivity index is 3.26.